The summed E-state index contributed by atoms with van der Waals surface area (Å²) in [6, 6.07) is 13.0. The van der Waals surface area contributed by atoms with E-state index in [0.717, 1.165) is 38.4 Å². The van der Waals surface area contributed by atoms with Crippen molar-refractivity contribution in [2.75, 3.05) is 55.4 Å². The summed E-state index contributed by atoms with van der Waals surface area (Å²) in [5, 5.41) is 6.66. The summed E-state index contributed by atoms with van der Waals surface area (Å²) in [6.45, 7) is 9.42. The lowest BCUT2D eigenvalue weighted by atomic mass is 10.2. The first-order valence-electron chi connectivity index (χ1n) is 9.98. The van der Waals surface area contributed by atoms with Gasteiger partial charge in [-0.3, -0.25) is 4.79 Å². The molecule has 1 amide bonds. The van der Waals surface area contributed by atoms with Gasteiger partial charge >= 0.3 is 0 Å². The second-order valence-electron chi connectivity index (χ2n) is 7.17. The van der Waals surface area contributed by atoms with E-state index in [4.69, 9.17) is 16.3 Å². The molecule has 29 heavy (non-hydrogen) atoms. The second kappa shape index (κ2) is 9.85. The number of nitrogens with one attached hydrogen (secondary N) is 2. The van der Waals surface area contributed by atoms with Gasteiger partial charge in [0.15, 0.2) is 0 Å². The van der Waals surface area contributed by atoms with Gasteiger partial charge in [-0.1, -0.05) is 18.5 Å². The Labute approximate surface area is 177 Å². The molecule has 3 rings (SSSR count). The highest BCUT2D eigenvalue weighted by Crippen LogP contribution is 2.28. The lowest BCUT2D eigenvalue weighted by Gasteiger charge is -2.35. The predicted octanol–water partition coefficient (Wildman–Crippen LogP) is 3.93. The summed E-state index contributed by atoms with van der Waals surface area (Å²) in [5.74, 6) is 0.410. The fraction of sp³-hybridized carbons (Fsp3) is 0.409. The number of hydrogen-bond donors (Lipinski definition) is 2. The molecule has 0 saturated carbocycles. The maximum atomic E-state index is 12.6. The van der Waals surface area contributed by atoms with Crippen molar-refractivity contribution in [1.29, 1.82) is 0 Å². The number of benzene rings is 2. The van der Waals surface area contributed by atoms with Crippen LogP contribution in [0.4, 0.5) is 17.1 Å². The first-order chi connectivity index (χ1) is 14.0. The van der Waals surface area contributed by atoms with Gasteiger partial charge in [0.1, 0.15) is 11.8 Å². The average molecular weight is 417 g/mol. The number of amides is 1. The van der Waals surface area contributed by atoms with Gasteiger partial charge in [-0.05, 0) is 55.9 Å². The van der Waals surface area contributed by atoms with Gasteiger partial charge in [0.2, 0.25) is 5.91 Å². The normalized spacial score (nSPS) is 15.7. The monoisotopic (exact) mass is 416 g/mol. The Morgan fingerprint density at radius 3 is 2.45 bits per heavy atom. The number of rotatable bonds is 7. The maximum Gasteiger partial charge on any atom is 0.246 e. The van der Waals surface area contributed by atoms with Gasteiger partial charge in [0.25, 0.3) is 0 Å². The molecule has 0 radical (unpaired) electrons. The SMILES string of the molecule is CCN1CCN(c2ccc(N[C@H](C)C(=O)Nc3cc(Cl)ccc3OC)cc2)CC1. The minimum Gasteiger partial charge on any atom is -0.495 e. The minimum absolute atomic E-state index is 0.162. The number of likely N-dealkylation sites (N-methyl/N-ethyl adjacent to an activating group) is 1. The van der Waals surface area contributed by atoms with Crippen LogP contribution in [0.5, 0.6) is 5.75 Å². The van der Waals surface area contributed by atoms with E-state index in [0.29, 0.717) is 16.5 Å². The van der Waals surface area contributed by atoms with Crippen molar-refractivity contribution < 1.29 is 9.53 Å². The van der Waals surface area contributed by atoms with Crippen LogP contribution in [0.2, 0.25) is 5.02 Å². The highest BCUT2D eigenvalue weighted by Gasteiger charge is 2.17. The summed E-state index contributed by atoms with van der Waals surface area (Å²) in [5.41, 5.74) is 2.67. The van der Waals surface area contributed by atoms with E-state index < -0.39 is 6.04 Å². The Hall–Kier alpha value is -2.44. The third-order valence-corrected chi connectivity index (χ3v) is 5.48. The molecule has 2 aromatic rings. The van der Waals surface area contributed by atoms with Crippen LogP contribution in [-0.4, -0.2) is 56.7 Å². The molecule has 2 aromatic carbocycles. The van der Waals surface area contributed by atoms with E-state index in [2.05, 4.69) is 39.5 Å². The number of methoxy groups -OCH3 is 1. The Morgan fingerprint density at radius 2 is 1.83 bits per heavy atom. The molecule has 7 heteroatoms. The van der Waals surface area contributed by atoms with Gasteiger partial charge in [0, 0.05) is 42.6 Å². The van der Waals surface area contributed by atoms with Crippen molar-refractivity contribution in [3.63, 3.8) is 0 Å². The molecule has 1 aliphatic heterocycles. The zero-order valence-corrected chi connectivity index (χ0v) is 18.0. The number of piperazine rings is 1. The smallest absolute Gasteiger partial charge is 0.246 e. The van der Waals surface area contributed by atoms with E-state index >= 15 is 0 Å². The second-order valence-corrected chi connectivity index (χ2v) is 7.60. The van der Waals surface area contributed by atoms with Crippen LogP contribution in [0.15, 0.2) is 42.5 Å². The van der Waals surface area contributed by atoms with Gasteiger partial charge in [0.05, 0.1) is 12.8 Å². The maximum absolute atomic E-state index is 12.6. The van der Waals surface area contributed by atoms with Crippen LogP contribution in [0.25, 0.3) is 0 Å². The van der Waals surface area contributed by atoms with Crippen LogP contribution in [0.3, 0.4) is 0 Å². The van der Waals surface area contributed by atoms with Crippen LogP contribution >= 0.6 is 11.6 Å². The number of anilines is 3. The predicted molar refractivity (Wildman–Crippen MR) is 120 cm³/mol. The number of hydrogen-bond acceptors (Lipinski definition) is 5. The highest BCUT2D eigenvalue weighted by atomic mass is 35.5. The zero-order valence-electron chi connectivity index (χ0n) is 17.2. The van der Waals surface area contributed by atoms with E-state index in [1.165, 1.54) is 5.69 Å². The Balaban J connectivity index is 1.57. The molecule has 2 N–H and O–H groups in total. The Morgan fingerprint density at radius 1 is 1.14 bits per heavy atom. The van der Waals surface area contributed by atoms with Gasteiger partial charge in [-0.25, -0.2) is 0 Å². The van der Waals surface area contributed by atoms with Crippen LogP contribution < -0.4 is 20.3 Å². The van der Waals surface area contributed by atoms with Crippen LogP contribution in [0, 0.1) is 0 Å². The molecule has 1 atom stereocenters. The van der Waals surface area contributed by atoms with Crippen molar-refractivity contribution in [2.24, 2.45) is 0 Å². The molecule has 0 spiro atoms. The number of nitrogens with zero attached hydrogens (tertiary/aromatic N) is 2. The van der Waals surface area contributed by atoms with Gasteiger partial charge in [-0.2, -0.15) is 0 Å². The van der Waals surface area contributed by atoms with Gasteiger partial charge in [-0.15, -0.1) is 0 Å². The van der Waals surface area contributed by atoms with E-state index in [-0.39, 0.29) is 5.91 Å². The third kappa shape index (κ3) is 5.55. The van der Waals surface area contributed by atoms with Crippen LogP contribution in [-0.2, 0) is 4.79 Å². The Kier molecular flexibility index (Phi) is 7.23. The van der Waals surface area contributed by atoms with E-state index in [1.54, 1.807) is 25.3 Å². The molecule has 0 aliphatic carbocycles. The van der Waals surface area contributed by atoms with Crippen molar-refractivity contribution in [3.05, 3.63) is 47.5 Å². The summed E-state index contributed by atoms with van der Waals surface area (Å²) >= 11 is 6.03. The molecule has 1 saturated heterocycles. The molecule has 0 unspecified atom stereocenters. The third-order valence-electron chi connectivity index (χ3n) is 5.25. The lowest BCUT2D eigenvalue weighted by molar-refractivity contribution is -0.116. The van der Waals surface area contributed by atoms with Crippen LogP contribution in [0.1, 0.15) is 13.8 Å². The first-order valence-corrected chi connectivity index (χ1v) is 10.4. The number of ether oxygens (including phenoxy) is 1. The van der Waals surface area contributed by atoms with E-state index in [9.17, 15) is 4.79 Å². The topological polar surface area (TPSA) is 56.8 Å². The fourth-order valence-electron chi connectivity index (χ4n) is 3.43. The molecule has 6 nitrogen and oxygen atoms in total. The zero-order chi connectivity index (χ0) is 20.8. The largest absolute Gasteiger partial charge is 0.495 e. The molecule has 156 valence electrons. The molecule has 0 bridgehead atoms. The molecule has 1 fully saturated rings. The first kappa shape index (κ1) is 21.3. The summed E-state index contributed by atoms with van der Waals surface area (Å²) in [4.78, 5) is 17.4. The molecular formula is C22H29ClN4O2. The fourth-order valence-corrected chi connectivity index (χ4v) is 3.60. The average Bonchev–Trinajstić information content (AvgIpc) is 2.74. The lowest BCUT2D eigenvalue weighted by Crippen LogP contribution is -2.46. The van der Waals surface area contributed by atoms with Gasteiger partial charge < -0.3 is 25.2 Å². The summed E-state index contributed by atoms with van der Waals surface area (Å²) in [7, 11) is 1.56. The molecular weight excluding hydrogens is 388 g/mol. The van der Waals surface area contributed by atoms with Crippen molar-refractivity contribution in [3.8, 4) is 5.75 Å². The van der Waals surface area contributed by atoms with Crippen molar-refractivity contribution >= 4 is 34.6 Å². The van der Waals surface area contributed by atoms with E-state index in [1.807, 2.05) is 19.1 Å². The van der Waals surface area contributed by atoms with Crippen molar-refractivity contribution in [1.82, 2.24) is 4.90 Å². The minimum atomic E-state index is -0.419. The number of carbonyl (C=O) groups is 1. The highest BCUT2D eigenvalue weighted by molar-refractivity contribution is 6.31. The Bertz CT molecular complexity index is 820. The summed E-state index contributed by atoms with van der Waals surface area (Å²) in [6.07, 6.45) is 0. The number of halogens is 1. The number of carbonyl (C=O) groups excluding carboxylic acids is 1. The summed E-state index contributed by atoms with van der Waals surface area (Å²) < 4.78 is 5.28. The quantitative estimate of drug-likeness (QED) is 0.716. The molecule has 0 aromatic heterocycles. The van der Waals surface area contributed by atoms with Crippen molar-refractivity contribution in [2.45, 2.75) is 19.9 Å². The molecule has 1 aliphatic rings. The standard InChI is InChI=1S/C22H29ClN4O2/c1-4-26-11-13-27(14-12-26)19-8-6-18(7-9-19)24-16(2)22(28)25-20-15-17(23)5-10-21(20)29-3/h5-10,15-16,24H,4,11-14H2,1-3H3,(H,25,28)/t16-/m1/s1. The molecule has 1 heterocycles.